The van der Waals surface area contributed by atoms with Gasteiger partial charge in [-0.1, -0.05) is 37.5 Å². The summed E-state index contributed by atoms with van der Waals surface area (Å²) < 4.78 is 0. The van der Waals surface area contributed by atoms with Crippen LogP contribution in [-0.2, 0) is 0 Å². The summed E-state index contributed by atoms with van der Waals surface area (Å²) in [4.78, 5) is 0. The summed E-state index contributed by atoms with van der Waals surface area (Å²) in [6, 6.07) is 0. The van der Waals surface area contributed by atoms with Crippen LogP contribution in [0.5, 0.6) is 0 Å². The molecule has 0 spiro atoms. The first-order chi connectivity index (χ1) is 6.16. The third-order valence-electron chi connectivity index (χ3n) is 2.04. The molecule has 0 atom stereocenters. The Kier molecular flexibility index (Phi) is 2.91. The molecule has 1 rings (SSSR count). The Hall–Kier alpha value is -1.50. The van der Waals surface area contributed by atoms with Gasteiger partial charge in [-0.3, -0.25) is 0 Å². The van der Waals surface area contributed by atoms with Gasteiger partial charge in [0.1, 0.15) is 0 Å². The molecule has 1 nitrogen and oxygen atoms in total. The van der Waals surface area contributed by atoms with E-state index in [0.717, 1.165) is 23.3 Å². The zero-order valence-electron chi connectivity index (χ0n) is 8.06. The normalized spacial score (nSPS) is 17.9. The van der Waals surface area contributed by atoms with E-state index < -0.39 is 0 Å². The van der Waals surface area contributed by atoms with Crippen molar-refractivity contribution in [2.24, 2.45) is 0 Å². The fourth-order valence-electron chi connectivity index (χ4n) is 1.25. The van der Waals surface area contributed by atoms with Crippen LogP contribution in [0.4, 0.5) is 0 Å². The lowest BCUT2D eigenvalue weighted by Gasteiger charge is -2.06. The fraction of sp³-hybridized carbons (Fsp3) is 0.167. The molecule has 0 aliphatic carbocycles. The molecule has 1 heterocycles. The van der Waals surface area contributed by atoms with E-state index >= 15 is 0 Å². The molecule has 68 valence electrons. The second kappa shape index (κ2) is 3.94. The predicted molar refractivity (Wildman–Crippen MR) is 58.3 cm³/mol. The molecule has 0 radical (unpaired) electrons. The molecule has 0 aromatic heterocycles. The van der Waals surface area contributed by atoms with Crippen LogP contribution in [0.1, 0.15) is 6.92 Å². The molecule has 0 aromatic rings. The highest BCUT2D eigenvalue weighted by Crippen LogP contribution is 2.25. The van der Waals surface area contributed by atoms with Gasteiger partial charge in [-0.15, -0.1) is 0 Å². The van der Waals surface area contributed by atoms with Crippen molar-refractivity contribution in [3.8, 4) is 0 Å². The molecule has 1 heteroatoms. The Morgan fingerprint density at radius 2 is 2.23 bits per heavy atom. The van der Waals surface area contributed by atoms with Gasteiger partial charge in [-0.05, 0) is 18.1 Å². The van der Waals surface area contributed by atoms with E-state index in [1.54, 1.807) is 6.08 Å². The number of hydrogen-bond acceptors (Lipinski definition) is 1. The number of allylic oxidation sites excluding steroid dienone is 4. The Labute approximate surface area is 79.8 Å². The summed E-state index contributed by atoms with van der Waals surface area (Å²) >= 11 is 0. The SMILES string of the molecule is C=C/C=C1\CNC=C1C(=C)C(=C)C. The van der Waals surface area contributed by atoms with E-state index in [4.69, 9.17) is 0 Å². The van der Waals surface area contributed by atoms with E-state index in [-0.39, 0.29) is 0 Å². The first-order valence-electron chi connectivity index (χ1n) is 4.27. The number of hydrogen-bond donors (Lipinski definition) is 1. The zero-order valence-corrected chi connectivity index (χ0v) is 8.06. The van der Waals surface area contributed by atoms with E-state index in [9.17, 15) is 0 Å². The van der Waals surface area contributed by atoms with Gasteiger partial charge in [-0.25, -0.2) is 0 Å². The molecule has 1 N–H and O–H groups in total. The third-order valence-corrected chi connectivity index (χ3v) is 2.04. The Morgan fingerprint density at radius 1 is 1.54 bits per heavy atom. The van der Waals surface area contributed by atoms with E-state index in [1.165, 1.54) is 5.57 Å². The largest absolute Gasteiger partial charge is 0.386 e. The lowest BCUT2D eigenvalue weighted by molar-refractivity contribution is 1.01. The van der Waals surface area contributed by atoms with Gasteiger partial charge < -0.3 is 5.32 Å². The van der Waals surface area contributed by atoms with Crippen LogP contribution < -0.4 is 5.32 Å². The highest BCUT2D eigenvalue weighted by atomic mass is 14.9. The van der Waals surface area contributed by atoms with Gasteiger partial charge in [0.15, 0.2) is 0 Å². The molecule has 0 unspecified atom stereocenters. The van der Waals surface area contributed by atoms with Crippen LogP contribution >= 0.6 is 0 Å². The van der Waals surface area contributed by atoms with Crippen LogP contribution in [0.2, 0.25) is 0 Å². The monoisotopic (exact) mass is 173 g/mol. The maximum atomic E-state index is 3.99. The van der Waals surface area contributed by atoms with Crippen molar-refractivity contribution in [1.82, 2.24) is 5.32 Å². The third kappa shape index (κ3) is 2.00. The van der Waals surface area contributed by atoms with Crippen LogP contribution in [0, 0.1) is 0 Å². The van der Waals surface area contributed by atoms with Crippen molar-refractivity contribution in [3.63, 3.8) is 0 Å². The van der Waals surface area contributed by atoms with Crippen LogP contribution in [0.15, 0.2) is 60.4 Å². The first-order valence-corrected chi connectivity index (χ1v) is 4.27. The molecule has 0 amide bonds. The van der Waals surface area contributed by atoms with Crippen LogP contribution in [0.25, 0.3) is 0 Å². The smallest absolute Gasteiger partial charge is 0.0402 e. The summed E-state index contributed by atoms with van der Waals surface area (Å²) in [5, 5.41) is 3.16. The minimum atomic E-state index is 0.855. The molecule has 1 aliphatic rings. The minimum absolute atomic E-state index is 0.855. The molecule has 1 aliphatic heterocycles. The van der Waals surface area contributed by atoms with Crippen molar-refractivity contribution < 1.29 is 0 Å². The molecular weight excluding hydrogens is 158 g/mol. The lowest BCUT2D eigenvalue weighted by atomic mass is 9.97. The Morgan fingerprint density at radius 3 is 2.77 bits per heavy atom. The van der Waals surface area contributed by atoms with Crippen molar-refractivity contribution in [1.29, 1.82) is 0 Å². The van der Waals surface area contributed by atoms with Gasteiger partial charge in [0.05, 0.1) is 0 Å². The van der Waals surface area contributed by atoms with Gasteiger partial charge in [0.25, 0.3) is 0 Å². The Balaban J connectivity index is 2.92. The number of nitrogens with one attached hydrogen (secondary N) is 1. The standard InChI is InChI=1S/C12H15N/c1-5-6-11-7-13-8-12(11)10(4)9(2)3/h5-6,8,13H,1-2,4,7H2,3H3/b11-6+. The molecule has 0 bridgehead atoms. The topological polar surface area (TPSA) is 12.0 Å². The molecule has 0 aromatic carbocycles. The van der Waals surface area contributed by atoms with Crippen molar-refractivity contribution >= 4 is 0 Å². The summed E-state index contributed by atoms with van der Waals surface area (Å²) in [6.07, 6.45) is 5.77. The van der Waals surface area contributed by atoms with Crippen LogP contribution in [0.3, 0.4) is 0 Å². The maximum Gasteiger partial charge on any atom is 0.0402 e. The molecule has 0 saturated heterocycles. The summed E-state index contributed by atoms with van der Waals surface area (Å²) in [7, 11) is 0. The van der Waals surface area contributed by atoms with Crippen molar-refractivity contribution in [2.45, 2.75) is 6.92 Å². The highest BCUT2D eigenvalue weighted by molar-refractivity contribution is 5.56. The average Bonchev–Trinajstić information content (AvgIpc) is 2.52. The highest BCUT2D eigenvalue weighted by Gasteiger charge is 2.13. The predicted octanol–water partition coefficient (Wildman–Crippen LogP) is 2.72. The first kappa shape index (κ1) is 9.59. The van der Waals surface area contributed by atoms with Crippen LogP contribution in [-0.4, -0.2) is 6.54 Å². The fourth-order valence-corrected chi connectivity index (χ4v) is 1.25. The van der Waals surface area contributed by atoms with Crippen molar-refractivity contribution in [2.75, 3.05) is 6.54 Å². The maximum absolute atomic E-state index is 3.99. The molecule has 13 heavy (non-hydrogen) atoms. The summed E-state index contributed by atoms with van der Waals surface area (Å²) in [6.45, 7) is 14.4. The molecule has 0 fully saturated rings. The average molecular weight is 173 g/mol. The van der Waals surface area contributed by atoms with E-state index in [2.05, 4.69) is 25.1 Å². The van der Waals surface area contributed by atoms with Gasteiger partial charge in [-0.2, -0.15) is 0 Å². The van der Waals surface area contributed by atoms with E-state index in [1.807, 2.05) is 19.2 Å². The van der Waals surface area contributed by atoms with Crippen molar-refractivity contribution in [3.05, 3.63) is 60.4 Å². The van der Waals surface area contributed by atoms with Gasteiger partial charge in [0.2, 0.25) is 0 Å². The van der Waals surface area contributed by atoms with Gasteiger partial charge >= 0.3 is 0 Å². The molecule has 0 saturated carbocycles. The second-order valence-corrected chi connectivity index (χ2v) is 3.13. The Bertz CT molecular complexity index is 316. The minimum Gasteiger partial charge on any atom is -0.386 e. The summed E-state index contributed by atoms with van der Waals surface area (Å²) in [5.41, 5.74) is 4.37. The lowest BCUT2D eigenvalue weighted by Crippen LogP contribution is -2.00. The van der Waals surface area contributed by atoms with Gasteiger partial charge in [0, 0.05) is 18.3 Å². The quantitative estimate of drug-likeness (QED) is 0.647. The zero-order chi connectivity index (χ0) is 9.84. The molecular formula is C12H15N. The number of rotatable bonds is 3. The summed E-state index contributed by atoms with van der Waals surface area (Å²) in [5.74, 6) is 0. The second-order valence-electron chi connectivity index (χ2n) is 3.13. The van der Waals surface area contributed by atoms with E-state index in [0.29, 0.717) is 0 Å².